The van der Waals surface area contributed by atoms with Gasteiger partial charge in [0.2, 0.25) is 0 Å². The van der Waals surface area contributed by atoms with E-state index >= 15 is 0 Å². The van der Waals surface area contributed by atoms with Gasteiger partial charge in [-0.2, -0.15) is 0 Å². The Morgan fingerprint density at radius 3 is 2.52 bits per heavy atom. The van der Waals surface area contributed by atoms with Crippen LogP contribution in [0.15, 0.2) is 71.1 Å². The zero-order chi connectivity index (χ0) is 17.5. The van der Waals surface area contributed by atoms with Crippen molar-refractivity contribution in [2.45, 2.75) is 13.0 Å². The Labute approximate surface area is 145 Å². The summed E-state index contributed by atoms with van der Waals surface area (Å²) < 4.78 is 23.8. The zero-order valence-corrected chi connectivity index (χ0v) is 13.6. The Morgan fingerprint density at radius 1 is 1.00 bits per heavy atom. The smallest absolute Gasteiger partial charge is 0.287 e. The average molecular weight is 339 g/mol. The van der Waals surface area contributed by atoms with E-state index < -0.39 is 0 Å². The number of ether oxygens (including phenoxy) is 1. The maximum Gasteiger partial charge on any atom is 0.287 e. The van der Waals surface area contributed by atoms with Crippen molar-refractivity contribution < 1.29 is 18.3 Å². The van der Waals surface area contributed by atoms with Gasteiger partial charge in [0, 0.05) is 6.54 Å². The van der Waals surface area contributed by atoms with Crippen LogP contribution in [-0.4, -0.2) is 12.5 Å². The van der Waals surface area contributed by atoms with E-state index in [4.69, 9.17) is 9.15 Å². The summed E-state index contributed by atoms with van der Waals surface area (Å²) in [6.45, 7) is 0.702. The van der Waals surface area contributed by atoms with Crippen molar-refractivity contribution in [3.8, 4) is 5.75 Å². The topological polar surface area (TPSA) is 51.5 Å². The highest BCUT2D eigenvalue weighted by Gasteiger charge is 2.11. The molecule has 0 aliphatic rings. The third-order valence-electron chi connectivity index (χ3n) is 3.62. The molecule has 1 heterocycles. The Hall–Kier alpha value is -3.08. The van der Waals surface area contributed by atoms with E-state index in [9.17, 15) is 9.18 Å². The first-order valence-corrected chi connectivity index (χ1v) is 8.00. The number of halogens is 1. The molecule has 0 spiro atoms. The maximum atomic E-state index is 12.8. The molecular weight excluding hydrogens is 321 g/mol. The second kappa shape index (κ2) is 8.15. The number of rotatable bonds is 7. The summed E-state index contributed by atoms with van der Waals surface area (Å²) >= 11 is 0. The molecule has 3 aromatic rings. The Balaban J connectivity index is 1.47. The van der Waals surface area contributed by atoms with Crippen LogP contribution in [0.5, 0.6) is 5.75 Å². The van der Waals surface area contributed by atoms with Gasteiger partial charge in [-0.25, -0.2) is 4.39 Å². The Kier molecular flexibility index (Phi) is 5.46. The molecule has 0 fully saturated rings. The van der Waals surface area contributed by atoms with Gasteiger partial charge in [-0.3, -0.25) is 4.79 Å². The number of nitrogens with one attached hydrogen (secondary N) is 1. The fourth-order valence-electron chi connectivity index (χ4n) is 2.31. The van der Waals surface area contributed by atoms with Gasteiger partial charge in [0.25, 0.3) is 5.91 Å². The molecule has 0 aliphatic heterocycles. The zero-order valence-electron chi connectivity index (χ0n) is 13.6. The third kappa shape index (κ3) is 4.94. The number of hydrogen-bond acceptors (Lipinski definition) is 3. The minimum atomic E-state index is -0.320. The van der Waals surface area contributed by atoms with Crippen molar-refractivity contribution in [2.24, 2.45) is 0 Å². The molecule has 4 nitrogen and oxygen atoms in total. The molecule has 0 saturated heterocycles. The summed E-state index contributed by atoms with van der Waals surface area (Å²) in [6, 6.07) is 19.0. The number of benzene rings is 2. The van der Waals surface area contributed by atoms with Crippen molar-refractivity contribution >= 4 is 5.91 Å². The van der Waals surface area contributed by atoms with E-state index in [1.165, 1.54) is 24.3 Å². The number of amides is 1. The first-order chi connectivity index (χ1) is 12.2. The molecular formula is C20H18FNO3. The van der Waals surface area contributed by atoms with Gasteiger partial charge in [-0.05, 0) is 48.4 Å². The summed E-state index contributed by atoms with van der Waals surface area (Å²) in [4.78, 5) is 12.1. The van der Waals surface area contributed by atoms with Crippen molar-refractivity contribution in [1.29, 1.82) is 0 Å². The molecule has 128 valence electrons. The van der Waals surface area contributed by atoms with Crippen LogP contribution >= 0.6 is 0 Å². The molecule has 0 radical (unpaired) electrons. The van der Waals surface area contributed by atoms with Crippen LogP contribution in [0.1, 0.15) is 21.9 Å². The second-order valence-electron chi connectivity index (χ2n) is 5.50. The molecule has 1 N–H and O–H groups in total. The Bertz CT molecular complexity index is 812. The second-order valence-corrected chi connectivity index (χ2v) is 5.50. The molecule has 0 aliphatic carbocycles. The number of furan rings is 1. The first kappa shape index (κ1) is 16.8. The highest BCUT2D eigenvalue weighted by Crippen LogP contribution is 2.15. The van der Waals surface area contributed by atoms with Gasteiger partial charge >= 0.3 is 0 Å². The summed E-state index contributed by atoms with van der Waals surface area (Å²) in [5.74, 6) is 0.721. The molecule has 0 unspecified atom stereocenters. The van der Waals surface area contributed by atoms with Crippen LogP contribution in [-0.2, 0) is 13.0 Å². The van der Waals surface area contributed by atoms with Gasteiger partial charge < -0.3 is 14.5 Å². The lowest BCUT2D eigenvalue weighted by molar-refractivity contribution is 0.0922. The fourth-order valence-corrected chi connectivity index (χ4v) is 2.31. The third-order valence-corrected chi connectivity index (χ3v) is 3.62. The van der Waals surface area contributed by atoms with Gasteiger partial charge in [0.15, 0.2) is 5.76 Å². The van der Waals surface area contributed by atoms with E-state index in [1.807, 2.05) is 30.3 Å². The minimum absolute atomic E-state index is 0.170. The van der Waals surface area contributed by atoms with Gasteiger partial charge in [0.1, 0.15) is 23.9 Å². The highest BCUT2D eigenvalue weighted by molar-refractivity contribution is 5.91. The summed E-state index contributed by atoms with van der Waals surface area (Å²) in [7, 11) is 0. The molecule has 0 atom stereocenters. The molecule has 3 rings (SSSR count). The fraction of sp³-hybridized carbons (Fsp3) is 0.150. The van der Waals surface area contributed by atoms with Crippen LogP contribution in [0.25, 0.3) is 0 Å². The van der Waals surface area contributed by atoms with Crippen LogP contribution in [0.4, 0.5) is 4.39 Å². The van der Waals surface area contributed by atoms with Gasteiger partial charge in [0.05, 0.1) is 0 Å². The van der Waals surface area contributed by atoms with Crippen LogP contribution in [0.3, 0.4) is 0 Å². The van der Waals surface area contributed by atoms with Crippen molar-refractivity contribution in [3.63, 3.8) is 0 Å². The summed E-state index contributed by atoms with van der Waals surface area (Å²) in [5, 5.41) is 2.83. The summed E-state index contributed by atoms with van der Waals surface area (Å²) in [6.07, 6.45) is 0.758. The van der Waals surface area contributed by atoms with Gasteiger partial charge in [-0.1, -0.05) is 30.3 Å². The van der Waals surface area contributed by atoms with Crippen LogP contribution in [0.2, 0.25) is 0 Å². The minimum Gasteiger partial charge on any atom is -0.486 e. The van der Waals surface area contributed by atoms with Crippen molar-refractivity contribution in [1.82, 2.24) is 5.32 Å². The van der Waals surface area contributed by atoms with E-state index in [-0.39, 0.29) is 24.1 Å². The lowest BCUT2D eigenvalue weighted by Gasteiger charge is -2.04. The monoisotopic (exact) mass is 339 g/mol. The van der Waals surface area contributed by atoms with Crippen molar-refractivity contribution in [3.05, 3.63) is 89.6 Å². The number of carbonyl (C=O) groups excluding carboxylic acids is 1. The standard InChI is InChI=1S/C20H18FNO3/c21-16-6-8-17(9-7-16)24-14-18-10-11-19(25-18)20(23)22-13-12-15-4-2-1-3-5-15/h1-11H,12-14H2,(H,22,23). The van der Waals surface area contributed by atoms with Crippen LogP contribution < -0.4 is 10.1 Å². The highest BCUT2D eigenvalue weighted by atomic mass is 19.1. The molecule has 0 saturated carbocycles. The molecule has 1 amide bonds. The SMILES string of the molecule is O=C(NCCc1ccccc1)c1ccc(COc2ccc(F)cc2)o1. The van der Waals surface area contributed by atoms with Crippen LogP contribution in [0, 0.1) is 5.82 Å². The van der Waals surface area contributed by atoms with Gasteiger partial charge in [-0.15, -0.1) is 0 Å². The van der Waals surface area contributed by atoms with E-state index in [0.29, 0.717) is 18.1 Å². The normalized spacial score (nSPS) is 10.4. The van der Waals surface area contributed by atoms with E-state index in [1.54, 1.807) is 12.1 Å². The predicted octanol–water partition coefficient (Wildman–Crippen LogP) is 3.97. The lowest BCUT2D eigenvalue weighted by atomic mass is 10.1. The maximum absolute atomic E-state index is 12.8. The quantitative estimate of drug-likeness (QED) is 0.709. The first-order valence-electron chi connectivity index (χ1n) is 8.00. The molecule has 2 aromatic carbocycles. The lowest BCUT2D eigenvalue weighted by Crippen LogP contribution is -2.25. The van der Waals surface area contributed by atoms with E-state index in [0.717, 1.165) is 12.0 Å². The number of hydrogen-bond donors (Lipinski definition) is 1. The molecule has 25 heavy (non-hydrogen) atoms. The predicted molar refractivity (Wildman–Crippen MR) is 91.9 cm³/mol. The summed E-state index contributed by atoms with van der Waals surface area (Å²) in [5.41, 5.74) is 1.16. The number of carbonyl (C=O) groups is 1. The van der Waals surface area contributed by atoms with Crippen molar-refractivity contribution in [2.75, 3.05) is 6.54 Å². The average Bonchev–Trinajstić information content (AvgIpc) is 3.11. The molecule has 5 heteroatoms. The largest absolute Gasteiger partial charge is 0.486 e. The molecule has 1 aromatic heterocycles. The Morgan fingerprint density at radius 2 is 1.76 bits per heavy atom. The molecule has 0 bridgehead atoms. The van der Waals surface area contributed by atoms with E-state index in [2.05, 4.69) is 5.32 Å².